The smallest absolute Gasteiger partial charge is 0.313 e. The van der Waals surface area contributed by atoms with E-state index in [9.17, 15) is 14.9 Å². The Morgan fingerprint density at radius 3 is 2.04 bits per heavy atom. The average Bonchev–Trinajstić information content (AvgIpc) is 3.81. The maximum Gasteiger partial charge on any atom is 0.313 e. The van der Waals surface area contributed by atoms with E-state index >= 15 is 0 Å². The molecule has 0 unspecified atom stereocenters. The van der Waals surface area contributed by atoms with Gasteiger partial charge in [0.15, 0.2) is 11.0 Å². The van der Waals surface area contributed by atoms with Gasteiger partial charge in [0.2, 0.25) is 5.88 Å². The van der Waals surface area contributed by atoms with E-state index in [1.807, 2.05) is 112 Å². The number of ether oxygens (including phenoxy) is 6. The van der Waals surface area contributed by atoms with Crippen molar-refractivity contribution in [2.75, 3.05) is 20.8 Å². The van der Waals surface area contributed by atoms with Crippen molar-refractivity contribution in [2.45, 2.75) is 58.2 Å². The van der Waals surface area contributed by atoms with Gasteiger partial charge in [-0.25, -0.2) is 9.97 Å². The summed E-state index contributed by atoms with van der Waals surface area (Å²) in [6.07, 6.45) is 0.380. The summed E-state index contributed by atoms with van der Waals surface area (Å²) in [6, 6.07) is 29.0. The molecular formula is C43H42N4O9. The summed E-state index contributed by atoms with van der Waals surface area (Å²) < 4.78 is 38.4. The lowest BCUT2D eigenvalue weighted by Crippen LogP contribution is -2.39. The van der Waals surface area contributed by atoms with Gasteiger partial charge in [-0.05, 0) is 72.9 Å². The maximum absolute atomic E-state index is 12.5. The number of hydrogen-bond donors (Lipinski definition) is 0. The van der Waals surface area contributed by atoms with Crippen molar-refractivity contribution >= 4 is 22.7 Å². The molecule has 0 amide bonds. The first-order valence-corrected chi connectivity index (χ1v) is 18.1. The zero-order valence-corrected chi connectivity index (χ0v) is 31.9. The van der Waals surface area contributed by atoms with Crippen molar-refractivity contribution in [3.8, 4) is 23.1 Å². The van der Waals surface area contributed by atoms with Crippen molar-refractivity contribution in [2.24, 2.45) is 0 Å². The number of pyridine rings is 1. The Morgan fingerprint density at radius 2 is 1.48 bits per heavy atom. The molecular weight excluding hydrogens is 716 g/mol. The summed E-state index contributed by atoms with van der Waals surface area (Å²) in [5, 5.41) is 12.4. The molecule has 1 aliphatic rings. The standard InChI is InChI=1S/C43H42N4O9/c1-26-20-27(2)41(28(3)21-26)56-42-39-40(35(23-44-42)47(49)50)46(25-45-39)38-22-36(54-29(4)48)37(55-38)24-53-43(30-10-8-7-9-11-30,31-12-16-33(51-5)17-13-31)32-14-18-34(52-6)19-15-32/h7-21,23,25,36-38H,22,24H2,1-6H3/t36-,37+,38+/m0/s1. The molecule has 0 N–H and O–H groups in total. The highest BCUT2D eigenvalue weighted by molar-refractivity contribution is 5.88. The molecule has 0 spiro atoms. The van der Waals surface area contributed by atoms with Crippen molar-refractivity contribution in [3.05, 3.63) is 147 Å². The van der Waals surface area contributed by atoms with E-state index in [-0.39, 0.29) is 35.6 Å². The van der Waals surface area contributed by atoms with Crippen molar-refractivity contribution in [1.29, 1.82) is 0 Å². The lowest BCUT2D eigenvalue weighted by molar-refractivity contribution is -0.383. The summed E-state index contributed by atoms with van der Waals surface area (Å²) in [5.74, 6) is 1.55. The van der Waals surface area contributed by atoms with Crippen LogP contribution in [-0.4, -0.2) is 58.5 Å². The van der Waals surface area contributed by atoms with Crippen LogP contribution in [0.4, 0.5) is 5.69 Å². The minimum atomic E-state index is -1.17. The van der Waals surface area contributed by atoms with Crippen LogP contribution in [0.2, 0.25) is 0 Å². The number of nitro groups is 1. The van der Waals surface area contributed by atoms with Gasteiger partial charge in [-0.2, -0.15) is 0 Å². The quantitative estimate of drug-likeness (QED) is 0.0485. The van der Waals surface area contributed by atoms with Crippen molar-refractivity contribution in [1.82, 2.24) is 14.5 Å². The number of benzene rings is 4. The third kappa shape index (κ3) is 7.26. The normalized spacial score (nSPS) is 16.8. The van der Waals surface area contributed by atoms with E-state index < -0.39 is 34.9 Å². The number of rotatable bonds is 13. The minimum absolute atomic E-state index is 0.0436. The molecule has 6 aromatic rings. The highest BCUT2D eigenvalue weighted by Gasteiger charge is 2.44. The first-order chi connectivity index (χ1) is 27.0. The lowest BCUT2D eigenvalue weighted by Gasteiger charge is -2.37. The zero-order valence-electron chi connectivity index (χ0n) is 31.9. The highest BCUT2D eigenvalue weighted by Crippen LogP contribution is 2.44. The van der Waals surface area contributed by atoms with Gasteiger partial charge in [0.1, 0.15) is 47.5 Å². The maximum atomic E-state index is 12.5. The monoisotopic (exact) mass is 758 g/mol. The molecule has 288 valence electrons. The molecule has 7 rings (SSSR count). The molecule has 56 heavy (non-hydrogen) atoms. The van der Waals surface area contributed by atoms with E-state index in [1.165, 1.54) is 13.3 Å². The van der Waals surface area contributed by atoms with Crippen LogP contribution in [0.3, 0.4) is 0 Å². The Hall–Kier alpha value is -6.31. The Bertz CT molecular complexity index is 2290. The van der Waals surface area contributed by atoms with Gasteiger partial charge >= 0.3 is 11.7 Å². The number of fused-ring (bicyclic) bond motifs is 1. The Morgan fingerprint density at radius 1 is 0.893 bits per heavy atom. The number of carbonyl (C=O) groups excluding carboxylic acids is 1. The predicted molar refractivity (Wildman–Crippen MR) is 207 cm³/mol. The number of carbonyl (C=O) groups is 1. The van der Waals surface area contributed by atoms with Gasteiger partial charge in [0.25, 0.3) is 0 Å². The number of hydrogen-bond acceptors (Lipinski definition) is 11. The topological polar surface area (TPSA) is 146 Å². The first-order valence-electron chi connectivity index (χ1n) is 18.1. The van der Waals surface area contributed by atoms with Gasteiger partial charge in [-0.3, -0.25) is 19.5 Å². The largest absolute Gasteiger partial charge is 0.497 e. The fourth-order valence-corrected chi connectivity index (χ4v) is 7.50. The molecule has 13 nitrogen and oxygen atoms in total. The second-order valence-electron chi connectivity index (χ2n) is 13.7. The molecule has 0 aliphatic carbocycles. The molecule has 1 fully saturated rings. The summed E-state index contributed by atoms with van der Waals surface area (Å²) in [5.41, 5.74) is 4.19. The molecule has 1 aliphatic heterocycles. The summed E-state index contributed by atoms with van der Waals surface area (Å²) >= 11 is 0. The third-order valence-electron chi connectivity index (χ3n) is 9.99. The molecule has 3 heterocycles. The lowest BCUT2D eigenvalue weighted by atomic mass is 9.80. The number of imidazole rings is 1. The fraction of sp³-hybridized carbons (Fsp3) is 0.279. The van der Waals surface area contributed by atoms with Gasteiger partial charge in [0, 0.05) is 13.3 Å². The predicted octanol–water partition coefficient (Wildman–Crippen LogP) is 8.30. The average molecular weight is 759 g/mol. The SMILES string of the molecule is COc1ccc(C(OC[C@H]2O[C@@H](n3cnc4c(Oc5c(C)cc(C)cc5C)ncc([N+](=O)[O-])c43)C[C@@H]2OC(C)=O)(c2ccccc2)c2ccc(OC)cc2)cc1. The molecule has 0 saturated carbocycles. The number of methoxy groups -OCH3 is 2. The summed E-state index contributed by atoms with van der Waals surface area (Å²) in [7, 11) is 3.22. The van der Waals surface area contributed by atoms with Crippen LogP contribution >= 0.6 is 0 Å². The molecule has 1 saturated heterocycles. The van der Waals surface area contributed by atoms with E-state index in [0.717, 1.165) is 39.6 Å². The molecule has 4 aromatic carbocycles. The number of esters is 1. The molecule has 0 bridgehead atoms. The van der Waals surface area contributed by atoms with Crippen LogP contribution in [0.1, 0.15) is 53.0 Å². The van der Waals surface area contributed by atoms with E-state index in [4.69, 9.17) is 28.4 Å². The molecule has 13 heteroatoms. The van der Waals surface area contributed by atoms with Crippen LogP contribution in [0.5, 0.6) is 23.1 Å². The number of aromatic nitrogens is 3. The molecule has 3 atom stereocenters. The van der Waals surface area contributed by atoms with Gasteiger partial charge in [-0.1, -0.05) is 72.3 Å². The summed E-state index contributed by atoms with van der Waals surface area (Å²) in [6.45, 7) is 7.14. The van der Waals surface area contributed by atoms with Crippen LogP contribution in [-0.2, 0) is 24.6 Å². The Kier molecular flexibility index (Phi) is 10.7. The third-order valence-corrected chi connectivity index (χ3v) is 9.99. The van der Waals surface area contributed by atoms with E-state index in [2.05, 4.69) is 9.97 Å². The Labute approximate surface area is 323 Å². The minimum Gasteiger partial charge on any atom is -0.497 e. The second-order valence-corrected chi connectivity index (χ2v) is 13.7. The van der Waals surface area contributed by atoms with Crippen molar-refractivity contribution < 1.29 is 38.1 Å². The number of nitrogens with zero attached hydrogens (tertiary/aromatic N) is 4. The van der Waals surface area contributed by atoms with E-state index in [1.54, 1.807) is 18.8 Å². The highest BCUT2D eigenvalue weighted by atomic mass is 16.6. The zero-order chi connectivity index (χ0) is 39.6. The number of aryl methyl sites for hydroxylation is 3. The molecule has 2 aromatic heterocycles. The molecule has 0 radical (unpaired) electrons. The van der Waals surface area contributed by atoms with Crippen molar-refractivity contribution in [3.63, 3.8) is 0 Å². The second kappa shape index (κ2) is 15.8. The van der Waals surface area contributed by atoms with Gasteiger partial charge < -0.3 is 28.4 Å². The van der Waals surface area contributed by atoms with Crippen LogP contribution in [0, 0.1) is 30.9 Å². The van der Waals surface area contributed by atoms with Crippen LogP contribution < -0.4 is 14.2 Å². The Balaban J connectivity index is 1.28. The first kappa shape index (κ1) is 38.0. The van der Waals surface area contributed by atoms with Crippen LogP contribution in [0.25, 0.3) is 11.0 Å². The van der Waals surface area contributed by atoms with E-state index in [0.29, 0.717) is 17.2 Å². The van der Waals surface area contributed by atoms with Crippen LogP contribution in [0.15, 0.2) is 104 Å². The summed E-state index contributed by atoms with van der Waals surface area (Å²) in [4.78, 5) is 33.3. The van der Waals surface area contributed by atoms with Gasteiger partial charge in [0.05, 0.1) is 32.1 Å². The van der Waals surface area contributed by atoms with Gasteiger partial charge in [-0.15, -0.1) is 0 Å². The fourth-order valence-electron chi connectivity index (χ4n) is 7.50.